The fraction of sp³-hybridized carbons (Fsp3) is 0.950. The topological polar surface area (TPSA) is 29.1 Å². The van der Waals surface area contributed by atoms with E-state index in [1.54, 1.807) is 0 Å². The predicted octanol–water partition coefficient (Wildman–Crippen LogP) is 5.05. The van der Waals surface area contributed by atoms with E-state index in [0.717, 1.165) is 24.2 Å². The Hall–Kier alpha value is -0.0500. The van der Waals surface area contributed by atoms with Crippen LogP contribution in [-0.2, 0) is 4.79 Å². The summed E-state index contributed by atoms with van der Waals surface area (Å²) in [6.45, 7) is 4.67. The van der Waals surface area contributed by atoms with Crippen molar-refractivity contribution in [1.29, 1.82) is 0 Å². The third kappa shape index (κ3) is 3.12. The van der Waals surface area contributed by atoms with Crippen molar-refractivity contribution in [2.24, 2.45) is 29.1 Å². The summed E-state index contributed by atoms with van der Waals surface area (Å²) in [6.07, 6.45) is 12.5. The molecule has 5 aliphatic carbocycles. The van der Waals surface area contributed by atoms with Crippen LogP contribution in [0.3, 0.4) is 0 Å². The third-order valence-electron chi connectivity index (χ3n) is 7.70. The van der Waals surface area contributed by atoms with Gasteiger partial charge in [-0.1, -0.05) is 42.6 Å². The number of carbonyl (C=O) groups excluding carboxylic acids is 1. The van der Waals surface area contributed by atoms with Crippen LogP contribution in [0.1, 0.15) is 78.1 Å². The third-order valence-corrected chi connectivity index (χ3v) is 8.63. The minimum atomic E-state index is 0.307. The molecule has 0 aliphatic heterocycles. The molecule has 1 amide bonds. The van der Waals surface area contributed by atoms with E-state index in [2.05, 4.69) is 35.1 Å². The Kier molecular flexibility index (Phi) is 4.10. The van der Waals surface area contributed by atoms with Crippen LogP contribution in [0.25, 0.3) is 0 Å². The summed E-state index contributed by atoms with van der Waals surface area (Å²) in [5, 5.41) is 3.43. The number of alkyl halides is 1. The Morgan fingerprint density at radius 3 is 2.48 bits per heavy atom. The van der Waals surface area contributed by atoms with Crippen LogP contribution in [-0.4, -0.2) is 16.3 Å². The molecule has 130 valence electrons. The van der Waals surface area contributed by atoms with Crippen molar-refractivity contribution >= 4 is 21.8 Å². The maximum Gasteiger partial charge on any atom is 0.220 e. The fourth-order valence-electron chi connectivity index (χ4n) is 6.93. The van der Waals surface area contributed by atoms with E-state index in [4.69, 9.17) is 0 Å². The number of rotatable bonds is 3. The van der Waals surface area contributed by atoms with Gasteiger partial charge in [-0.05, 0) is 74.0 Å². The van der Waals surface area contributed by atoms with E-state index >= 15 is 0 Å². The average Bonchev–Trinajstić information content (AvgIpc) is 2.40. The van der Waals surface area contributed by atoms with Crippen LogP contribution in [0.2, 0.25) is 0 Å². The lowest BCUT2D eigenvalue weighted by Crippen LogP contribution is -2.54. The highest BCUT2D eigenvalue weighted by Crippen LogP contribution is 2.65. The minimum absolute atomic E-state index is 0.307. The molecule has 23 heavy (non-hydrogen) atoms. The van der Waals surface area contributed by atoms with Gasteiger partial charge in [-0.2, -0.15) is 0 Å². The summed E-state index contributed by atoms with van der Waals surface area (Å²) in [5.74, 6) is 3.47. The van der Waals surface area contributed by atoms with Gasteiger partial charge in [0.15, 0.2) is 0 Å². The predicted molar refractivity (Wildman–Crippen MR) is 97.5 cm³/mol. The van der Waals surface area contributed by atoms with Gasteiger partial charge in [-0.3, -0.25) is 4.79 Å². The van der Waals surface area contributed by atoms with Gasteiger partial charge in [0, 0.05) is 16.8 Å². The summed E-state index contributed by atoms with van der Waals surface area (Å²) >= 11 is 4.07. The number of carbonyl (C=O) groups is 1. The molecule has 5 rings (SSSR count). The van der Waals surface area contributed by atoms with Crippen LogP contribution in [0.15, 0.2) is 0 Å². The molecule has 4 bridgehead atoms. The Labute approximate surface area is 149 Å². The van der Waals surface area contributed by atoms with Crippen LogP contribution in [0, 0.1) is 29.1 Å². The van der Waals surface area contributed by atoms with Crippen LogP contribution >= 0.6 is 15.9 Å². The Bertz CT molecular complexity index is 476. The average molecular weight is 382 g/mol. The van der Waals surface area contributed by atoms with E-state index in [9.17, 15) is 4.79 Å². The number of halogens is 1. The molecule has 3 heteroatoms. The summed E-state index contributed by atoms with van der Waals surface area (Å²) in [6, 6.07) is 0.415. The normalized spacial score (nSPS) is 51.7. The van der Waals surface area contributed by atoms with Gasteiger partial charge in [0.1, 0.15) is 0 Å². The number of hydrogen-bond donors (Lipinski definition) is 1. The quantitative estimate of drug-likeness (QED) is 0.680. The van der Waals surface area contributed by atoms with Gasteiger partial charge in [0.25, 0.3) is 0 Å². The fourth-order valence-corrected chi connectivity index (χ4v) is 8.44. The molecular formula is C20H32BrNO. The Morgan fingerprint density at radius 1 is 1.13 bits per heavy atom. The number of amides is 1. The van der Waals surface area contributed by atoms with Gasteiger partial charge >= 0.3 is 0 Å². The molecule has 0 aromatic heterocycles. The first-order valence-electron chi connectivity index (χ1n) is 9.85. The van der Waals surface area contributed by atoms with Crippen molar-refractivity contribution in [3.63, 3.8) is 0 Å². The molecule has 0 unspecified atom stereocenters. The van der Waals surface area contributed by atoms with E-state index in [0.29, 0.717) is 27.6 Å². The summed E-state index contributed by atoms with van der Waals surface area (Å²) in [4.78, 5) is 12.8. The molecule has 5 saturated carbocycles. The number of nitrogens with one attached hydrogen (secondary N) is 1. The van der Waals surface area contributed by atoms with Gasteiger partial charge in [-0.15, -0.1) is 0 Å². The first-order valence-corrected chi connectivity index (χ1v) is 10.6. The van der Waals surface area contributed by atoms with Crippen molar-refractivity contribution in [1.82, 2.24) is 5.32 Å². The van der Waals surface area contributed by atoms with Crippen LogP contribution in [0.4, 0.5) is 0 Å². The Morgan fingerprint density at radius 2 is 1.83 bits per heavy atom. The monoisotopic (exact) mass is 381 g/mol. The maximum atomic E-state index is 12.8. The molecule has 0 aromatic carbocycles. The molecule has 0 saturated heterocycles. The van der Waals surface area contributed by atoms with E-state index in [1.165, 1.54) is 57.8 Å². The van der Waals surface area contributed by atoms with Gasteiger partial charge in [0.2, 0.25) is 5.91 Å². The van der Waals surface area contributed by atoms with Crippen molar-refractivity contribution < 1.29 is 4.79 Å². The zero-order valence-electron chi connectivity index (χ0n) is 14.7. The zero-order chi connectivity index (χ0) is 16.2. The molecule has 0 heterocycles. The molecule has 0 spiro atoms. The molecule has 2 nitrogen and oxygen atoms in total. The van der Waals surface area contributed by atoms with Crippen molar-refractivity contribution in [2.45, 2.75) is 88.4 Å². The van der Waals surface area contributed by atoms with Crippen molar-refractivity contribution in [3.8, 4) is 0 Å². The lowest BCUT2D eigenvalue weighted by molar-refractivity contribution is -0.129. The first kappa shape index (κ1) is 16.4. The van der Waals surface area contributed by atoms with Crippen LogP contribution < -0.4 is 5.32 Å². The minimum Gasteiger partial charge on any atom is -0.353 e. The molecule has 5 aliphatic rings. The SMILES string of the molecule is C[C@H]1[C@@H](NC(=O)CC23C[C@@H]4C[C@H](CC(Br)(C4)C2)C3)CCC[C@@H]1C. The lowest BCUT2D eigenvalue weighted by atomic mass is 9.48. The summed E-state index contributed by atoms with van der Waals surface area (Å²) < 4.78 is 0.365. The van der Waals surface area contributed by atoms with E-state index in [1.807, 2.05) is 0 Å². The van der Waals surface area contributed by atoms with Gasteiger partial charge in [-0.25, -0.2) is 0 Å². The molecule has 0 radical (unpaired) electrons. The zero-order valence-corrected chi connectivity index (χ0v) is 16.3. The summed E-state index contributed by atoms with van der Waals surface area (Å²) in [5.41, 5.74) is 0.307. The largest absolute Gasteiger partial charge is 0.353 e. The number of hydrogen-bond acceptors (Lipinski definition) is 1. The lowest BCUT2D eigenvalue weighted by Gasteiger charge is -2.60. The van der Waals surface area contributed by atoms with Crippen LogP contribution in [0.5, 0.6) is 0 Å². The highest BCUT2D eigenvalue weighted by atomic mass is 79.9. The second-order valence-electron chi connectivity index (χ2n) is 9.73. The molecule has 5 fully saturated rings. The van der Waals surface area contributed by atoms with Gasteiger partial charge < -0.3 is 5.32 Å². The molecule has 1 N–H and O–H groups in total. The Balaban J connectivity index is 1.41. The smallest absolute Gasteiger partial charge is 0.220 e. The second-order valence-corrected chi connectivity index (χ2v) is 11.4. The van der Waals surface area contributed by atoms with Gasteiger partial charge in [0.05, 0.1) is 0 Å². The van der Waals surface area contributed by atoms with Crippen molar-refractivity contribution in [3.05, 3.63) is 0 Å². The standard InChI is InChI=1S/C20H32BrNO/c1-13-4-3-5-17(14(13)2)22-18(23)11-19-7-15-6-16(8-19)10-20(21,9-15)12-19/h13-17H,3-12H2,1-2H3,(H,22,23)/t13-,14+,15-,16-,17-,19?,20?/m0/s1. The van der Waals surface area contributed by atoms with E-state index in [-0.39, 0.29) is 0 Å². The maximum absolute atomic E-state index is 12.8. The molecule has 0 aromatic rings. The highest BCUT2D eigenvalue weighted by Gasteiger charge is 2.57. The highest BCUT2D eigenvalue weighted by molar-refractivity contribution is 9.10. The molecular weight excluding hydrogens is 350 g/mol. The first-order chi connectivity index (χ1) is 10.9. The van der Waals surface area contributed by atoms with Crippen molar-refractivity contribution in [2.75, 3.05) is 0 Å². The van der Waals surface area contributed by atoms with E-state index < -0.39 is 0 Å². The summed E-state index contributed by atoms with van der Waals surface area (Å²) in [7, 11) is 0. The second kappa shape index (κ2) is 5.75. The molecule has 5 atom stereocenters.